The molecular weight excluding hydrogens is 338 g/mol. The molecule has 1 aromatic heterocycles. The van der Waals surface area contributed by atoms with Crippen LogP contribution in [0.25, 0.3) is 10.9 Å². The predicted molar refractivity (Wildman–Crippen MR) is 107 cm³/mol. The minimum absolute atomic E-state index is 0.0412. The number of rotatable bonds is 2. The van der Waals surface area contributed by atoms with E-state index in [4.69, 9.17) is 0 Å². The van der Waals surface area contributed by atoms with E-state index in [1.807, 2.05) is 33.5 Å². The van der Waals surface area contributed by atoms with E-state index in [-0.39, 0.29) is 23.3 Å². The lowest BCUT2D eigenvalue weighted by Gasteiger charge is -2.41. The number of fused-ring (bicyclic) bond motifs is 1. The molecule has 2 aliphatic rings. The van der Waals surface area contributed by atoms with Gasteiger partial charge in [-0.15, -0.1) is 0 Å². The highest BCUT2D eigenvalue weighted by Crippen LogP contribution is 2.41. The Labute approximate surface area is 160 Å². The number of aromatic nitrogens is 1. The molecule has 4 rings (SSSR count). The molecule has 2 saturated heterocycles. The van der Waals surface area contributed by atoms with Crippen LogP contribution in [0.4, 0.5) is 0 Å². The highest BCUT2D eigenvalue weighted by molar-refractivity contribution is 6.00. The minimum atomic E-state index is -0.376. The van der Waals surface area contributed by atoms with Crippen molar-refractivity contribution in [2.45, 2.75) is 46.1 Å². The van der Waals surface area contributed by atoms with Gasteiger partial charge in [-0.1, -0.05) is 18.2 Å². The Hall–Kier alpha value is -2.30. The SMILES string of the molecule is Cc1cccc2cc(C(=O)N3CCC4(CCCN(C(C)C)C4=O)C3)n(C)c12. The highest BCUT2D eigenvalue weighted by Gasteiger charge is 2.50. The standard InChI is InChI=1S/C22H29N3O2/c1-15(2)25-11-6-9-22(21(25)27)10-12-24(14-22)20(26)18-13-17-8-5-7-16(3)19(17)23(18)4/h5,7-8,13,15H,6,9-12,14H2,1-4H3. The number of amides is 2. The molecule has 27 heavy (non-hydrogen) atoms. The number of carbonyl (C=O) groups excluding carboxylic acids is 2. The maximum absolute atomic E-state index is 13.3. The quantitative estimate of drug-likeness (QED) is 0.817. The van der Waals surface area contributed by atoms with Crippen molar-refractivity contribution in [3.63, 3.8) is 0 Å². The van der Waals surface area contributed by atoms with Gasteiger partial charge in [0.2, 0.25) is 5.91 Å². The van der Waals surface area contributed by atoms with E-state index < -0.39 is 0 Å². The molecule has 1 spiro atoms. The molecule has 5 nitrogen and oxygen atoms in total. The Morgan fingerprint density at radius 3 is 2.67 bits per heavy atom. The Kier molecular flexibility index (Phi) is 4.28. The van der Waals surface area contributed by atoms with Crippen molar-refractivity contribution in [2.24, 2.45) is 12.5 Å². The molecule has 0 bridgehead atoms. The number of para-hydroxylation sites is 1. The van der Waals surface area contributed by atoms with E-state index in [1.54, 1.807) is 0 Å². The molecule has 2 aromatic rings. The summed E-state index contributed by atoms with van der Waals surface area (Å²) >= 11 is 0. The summed E-state index contributed by atoms with van der Waals surface area (Å²) in [4.78, 5) is 30.3. The average molecular weight is 367 g/mol. The smallest absolute Gasteiger partial charge is 0.270 e. The van der Waals surface area contributed by atoms with Gasteiger partial charge < -0.3 is 14.4 Å². The first-order chi connectivity index (χ1) is 12.8. The zero-order valence-electron chi connectivity index (χ0n) is 16.8. The van der Waals surface area contributed by atoms with Gasteiger partial charge in [-0.3, -0.25) is 9.59 Å². The third-order valence-corrected chi connectivity index (χ3v) is 6.51. The molecule has 1 aromatic carbocycles. The van der Waals surface area contributed by atoms with Crippen LogP contribution in [0.2, 0.25) is 0 Å². The zero-order valence-corrected chi connectivity index (χ0v) is 16.8. The second-order valence-electron chi connectivity index (χ2n) is 8.55. The number of nitrogens with zero attached hydrogens (tertiary/aromatic N) is 3. The lowest BCUT2D eigenvalue weighted by molar-refractivity contribution is -0.147. The van der Waals surface area contributed by atoms with Crippen LogP contribution in [-0.2, 0) is 11.8 Å². The second-order valence-corrected chi connectivity index (χ2v) is 8.55. The fourth-order valence-corrected chi connectivity index (χ4v) is 5.01. The largest absolute Gasteiger partial charge is 0.340 e. The first kappa shape index (κ1) is 18.1. The molecule has 0 saturated carbocycles. The van der Waals surface area contributed by atoms with E-state index in [0.717, 1.165) is 36.7 Å². The van der Waals surface area contributed by atoms with Gasteiger partial charge in [0.25, 0.3) is 5.91 Å². The number of benzene rings is 1. The molecule has 3 heterocycles. The summed E-state index contributed by atoms with van der Waals surface area (Å²) in [6, 6.07) is 8.36. The molecule has 144 valence electrons. The summed E-state index contributed by atoms with van der Waals surface area (Å²) in [5, 5.41) is 1.09. The Balaban J connectivity index is 1.61. The number of hydrogen-bond donors (Lipinski definition) is 0. The maximum Gasteiger partial charge on any atom is 0.270 e. The van der Waals surface area contributed by atoms with Gasteiger partial charge in [-0.05, 0) is 51.7 Å². The first-order valence-corrected chi connectivity index (χ1v) is 9.99. The maximum atomic E-state index is 13.3. The lowest BCUT2D eigenvalue weighted by atomic mass is 9.78. The summed E-state index contributed by atoms with van der Waals surface area (Å²) in [7, 11) is 1.96. The summed E-state index contributed by atoms with van der Waals surface area (Å²) in [6.45, 7) is 8.28. The fraction of sp³-hybridized carbons (Fsp3) is 0.545. The van der Waals surface area contributed by atoms with E-state index in [2.05, 4.69) is 32.9 Å². The Morgan fingerprint density at radius 1 is 1.19 bits per heavy atom. The van der Waals surface area contributed by atoms with Gasteiger partial charge in [0.05, 0.1) is 10.9 Å². The monoisotopic (exact) mass is 367 g/mol. The van der Waals surface area contributed by atoms with Crippen molar-refractivity contribution < 1.29 is 9.59 Å². The molecule has 5 heteroatoms. The molecular formula is C22H29N3O2. The summed E-state index contributed by atoms with van der Waals surface area (Å²) < 4.78 is 2.00. The Morgan fingerprint density at radius 2 is 1.96 bits per heavy atom. The topological polar surface area (TPSA) is 45.6 Å². The van der Waals surface area contributed by atoms with Gasteiger partial charge >= 0.3 is 0 Å². The number of hydrogen-bond acceptors (Lipinski definition) is 2. The van der Waals surface area contributed by atoms with Crippen molar-refractivity contribution in [1.29, 1.82) is 0 Å². The van der Waals surface area contributed by atoms with Gasteiger partial charge in [0.1, 0.15) is 5.69 Å². The number of aryl methyl sites for hydroxylation is 2. The number of likely N-dealkylation sites (tertiary alicyclic amines) is 2. The molecule has 2 fully saturated rings. The van der Waals surface area contributed by atoms with Crippen LogP contribution < -0.4 is 0 Å². The van der Waals surface area contributed by atoms with Crippen molar-refractivity contribution >= 4 is 22.7 Å². The first-order valence-electron chi connectivity index (χ1n) is 9.99. The lowest BCUT2D eigenvalue weighted by Crippen LogP contribution is -2.52. The molecule has 2 amide bonds. The summed E-state index contributed by atoms with van der Waals surface area (Å²) in [5.41, 5.74) is 2.61. The van der Waals surface area contributed by atoms with Crippen molar-refractivity contribution in [3.8, 4) is 0 Å². The molecule has 1 atom stereocenters. The predicted octanol–water partition coefficient (Wildman–Crippen LogP) is 3.35. The average Bonchev–Trinajstić information content (AvgIpc) is 3.20. The van der Waals surface area contributed by atoms with Crippen LogP contribution in [0.3, 0.4) is 0 Å². The second kappa shape index (κ2) is 6.39. The third kappa shape index (κ3) is 2.75. The van der Waals surface area contributed by atoms with E-state index in [1.165, 1.54) is 5.56 Å². The fourth-order valence-electron chi connectivity index (χ4n) is 5.01. The zero-order chi connectivity index (χ0) is 19.3. The van der Waals surface area contributed by atoms with Crippen molar-refractivity contribution in [3.05, 3.63) is 35.5 Å². The van der Waals surface area contributed by atoms with Crippen LogP contribution in [0, 0.1) is 12.3 Å². The minimum Gasteiger partial charge on any atom is -0.340 e. The summed E-state index contributed by atoms with van der Waals surface area (Å²) in [5.74, 6) is 0.284. The van der Waals surface area contributed by atoms with Crippen molar-refractivity contribution in [2.75, 3.05) is 19.6 Å². The molecule has 0 radical (unpaired) electrons. The molecule has 0 N–H and O–H groups in total. The van der Waals surface area contributed by atoms with E-state index in [0.29, 0.717) is 18.8 Å². The van der Waals surface area contributed by atoms with Crippen LogP contribution in [0.1, 0.15) is 49.2 Å². The van der Waals surface area contributed by atoms with Crippen LogP contribution >= 0.6 is 0 Å². The van der Waals surface area contributed by atoms with Crippen LogP contribution in [0.15, 0.2) is 24.3 Å². The molecule has 2 aliphatic heterocycles. The van der Waals surface area contributed by atoms with Gasteiger partial charge in [-0.25, -0.2) is 0 Å². The normalized spacial score (nSPS) is 23.2. The summed E-state index contributed by atoms with van der Waals surface area (Å²) in [6.07, 6.45) is 2.70. The van der Waals surface area contributed by atoms with Crippen molar-refractivity contribution in [1.82, 2.24) is 14.4 Å². The van der Waals surface area contributed by atoms with E-state index in [9.17, 15) is 9.59 Å². The van der Waals surface area contributed by atoms with Crippen LogP contribution in [-0.4, -0.2) is 51.9 Å². The van der Waals surface area contributed by atoms with E-state index >= 15 is 0 Å². The molecule has 1 unspecified atom stereocenters. The Bertz CT molecular complexity index is 914. The third-order valence-electron chi connectivity index (χ3n) is 6.51. The van der Waals surface area contributed by atoms with Gasteiger partial charge in [0, 0.05) is 38.1 Å². The van der Waals surface area contributed by atoms with Crippen LogP contribution in [0.5, 0.6) is 0 Å². The molecule has 0 aliphatic carbocycles. The van der Waals surface area contributed by atoms with Gasteiger partial charge in [-0.2, -0.15) is 0 Å². The van der Waals surface area contributed by atoms with Gasteiger partial charge in [0.15, 0.2) is 0 Å². The number of carbonyl (C=O) groups is 2. The highest BCUT2D eigenvalue weighted by atomic mass is 16.2. The number of piperidine rings is 1.